The van der Waals surface area contributed by atoms with Gasteiger partial charge >= 0.3 is 0 Å². The molecule has 18 heavy (non-hydrogen) atoms. The zero-order valence-corrected chi connectivity index (χ0v) is 11.4. The van der Waals surface area contributed by atoms with Crippen molar-refractivity contribution in [3.8, 4) is 5.75 Å². The Morgan fingerprint density at radius 2 is 1.78 bits per heavy atom. The zero-order valence-electron chi connectivity index (χ0n) is 9.09. The van der Waals surface area contributed by atoms with Crippen molar-refractivity contribution in [2.45, 2.75) is 6.61 Å². The van der Waals surface area contributed by atoms with Gasteiger partial charge in [-0.3, -0.25) is 0 Å². The minimum atomic E-state index is -0.388. The van der Waals surface area contributed by atoms with E-state index in [-0.39, 0.29) is 18.2 Å². The van der Waals surface area contributed by atoms with Gasteiger partial charge in [-0.25, -0.2) is 8.78 Å². The van der Waals surface area contributed by atoms with Crippen LogP contribution in [0.15, 0.2) is 40.9 Å². The van der Waals surface area contributed by atoms with Crippen molar-refractivity contribution in [3.05, 3.63) is 63.1 Å². The highest BCUT2D eigenvalue weighted by molar-refractivity contribution is 9.10. The van der Waals surface area contributed by atoms with Gasteiger partial charge in [0, 0.05) is 10.6 Å². The Hall–Kier alpha value is -1.13. The van der Waals surface area contributed by atoms with E-state index in [4.69, 9.17) is 16.3 Å². The van der Waals surface area contributed by atoms with Crippen molar-refractivity contribution < 1.29 is 13.5 Å². The topological polar surface area (TPSA) is 9.23 Å². The maximum atomic E-state index is 13.4. The highest BCUT2D eigenvalue weighted by Gasteiger charge is 2.05. The number of hydrogen-bond donors (Lipinski definition) is 0. The van der Waals surface area contributed by atoms with Crippen LogP contribution in [-0.2, 0) is 6.61 Å². The number of ether oxygens (including phenoxy) is 1. The summed E-state index contributed by atoms with van der Waals surface area (Å²) in [5.74, 6) is -0.320. The van der Waals surface area contributed by atoms with Crippen molar-refractivity contribution in [1.82, 2.24) is 0 Å². The summed E-state index contributed by atoms with van der Waals surface area (Å²) in [4.78, 5) is 0. The van der Waals surface area contributed by atoms with E-state index < -0.39 is 0 Å². The predicted octanol–water partition coefficient (Wildman–Crippen LogP) is 4.96. The Morgan fingerprint density at radius 3 is 2.50 bits per heavy atom. The van der Waals surface area contributed by atoms with Crippen molar-refractivity contribution in [3.63, 3.8) is 0 Å². The molecule has 0 bridgehead atoms. The lowest BCUT2D eigenvalue weighted by molar-refractivity contribution is 0.299. The van der Waals surface area contributed by atoms with E-state index in [0.29, 0.717) is 20.8 Å². The summed E-state index contributed by atoms with van der Waals surface area (Å²) in [6.07, 6.45) is 0. The largest absolute Gasteiger partial charge is 0.489 e. The molecule has 0 aliphatic rings. The summed E-state index contributed by atoms with van der Waals surface area (Å²) in [5.41, 5.74) is 0.350. The second-order valence-electron chi connectivity index (χ2n) is 3.60. The first-order chi connectivity index (χ1) is 8.56. The molecule has 0 aromatic heterocycles. The molecule has 0 atom stereocenters. The number of rotatable bonds is 3. The van der Waals surface area contributed by atoms with Crippen LogP contribution in [0.2, 0.25) is 5.02 Å². The fourth-order valence-electron chi connectivity index (χ4n) is 1.38. The molecule has 5 heteroatoms. The van der Waals surface area contributed by atoms with E-state index in [9.17, 15) is 8.78 Å². The molecule has 0 N–H and O–H groups in total. The van der Waals surface area contributed by atoms with Gasteiger partial charge in [-0.2, -0.15) is 0 Å². The summed E-state index contributed by atoms with van der Waals surface area (Å²) in [6.45, 7) is 0.0322. The van der Waals surface area contributed by atoms with Crippen LogP contribution < -0.4 is 4.74 Å². The summed E-state index contributed by atoms with van der Waals surface area (Å²) < 4.78 is 32.1. The Bertz CT molecular complexity index is 575. The van der Waals surface area contributed by atoms with Gasteiger partial charge in [0.1, 0.15) is 24.0 Å². The van der Waals surface area contributed by atoms with Gasteiger partial charge in [-0.05, 0) is 52.3 Å². The number of benzene rings is 2. The monoisotopic (exact) mass is 332 g/mol. The van der Waals surface area contributed by atoms with Crippen molar-refractivity contribution in [2.75, 3.05) is 0 Å². The van der Waals surface area contributed by atoms with Crippen molar-refractivity contribution in [2.24, 2.45) is 0 Å². The quantitative estimate of drug-likeness (QED) is 0.771. The molecule has 2 aromatic rings. The lowest BCUT2D eigenvalue weighted by Gasteiger charge is -2.08. The molecule has 0 amide bonds. The lowest BCUT2D eigenvalue weighted by atomic mass is 10.2. The summed E-state index contributed by atoms with van der Waals surface area (Å²) in [6, 6.07) is 8.47. The SMILES string of the molecule is Fc1ccc(OCc2cc(Cl)ccc2F)cc1Br. The fourth-order valence-corrected chi connectivity index (χ4v) is 1.93. The van der Waals surface area contributed by atoms with Crippen LogP contribution in [0, 0.1) is 11.6 Å². The van der Waals surface area contributed by atoms with Crippen LogP contribution in [0.5, 0.6) is 5.75 Å². The molecule has 0 fully saturated rings. The molecule has 1 nitrogen and oxygen atoms in total. The van der Waals surface area contributed by atoms with Crippen LogP contribution in [-0.4, -0.2) is 0 Å². The molecule has 2 rings (SSSR count). The molecule has 0 unspecified atom stereocenters. The fraction of sp³-hybridized carbons (Fsp3) is 0.0769. The van der Waals surface area contributed by atoms with Crippen LogP contribution in [0.1, 0.15) is 5.56 Å². The average molecular weight is 334 g/mol. The molecule has 0 saturated heterocycles. The first-order valence-electron chi connectivity index (χ1n) is 5.08. The van der Waals surface area contributed by atoms with Crippen molar-refractivity contribution >= 4 is 27.5 Å². The first kappa shape index (κ1) is 13.3. The van der Waals surface area contributed by atoms with Crippen molar-refractivity contribution in [1.29, 1.82) is 0 Å². The van der Waals surface area contributed by atoms with Gasteiger partial charge in [-0.1, -0.05) is 11.6 Å². The third-order valence-electron chi connectivity index (χ3n) is 2.29. The molecule has 0 aliphatic heterocycles. The predicted molar refractivity (Wildman–Crippen MR) is 69.8 cm³/mol. The molecular formula is C13H8BrClF2O. The third kappa shape index (κ3) is 3.21. The van der Waals surface area contributed by atoms with Crippen LogP contribution >= 0.6 is 27.5 Å². The summed E-state index contributed by atoms with van der Waals surface area (Å²) >= 11 is 8.81. The van der Waals surface area contributed by atoms with Gasteiger partial charge in [0.2, 0.25) is 0 Å². The van der Waals surface area contributed by atoms with Gasteiger partial charge in [-0.15, -0.1) is 0 Å². The van der Waals surface area contributed by atoms with E-state index in [0.717, 1.165) is 0 Å². The van der Waals surface area contributed by atoms with E-state index in [1.54, 1.807) is 0 Å². The van der Waals surface area contributed by atoms with Gasteiger partial charge < -0.3 is 4.74 Å². The van der Waals surface area contributed by atoms with Crippen LogP contribution in [0.3, 0.4) is 0 Å². The van der Waals surface area contributed by atoms with Gasteiger partial charge in [0.25, 0.3) is 0 Å². The number of halogens is 4. The normalized spacial score (nSPS) is 10.4. The molecular weight excluding hydrogens is 325 g/mol. The molecule has 2 aromatic carbocycles. The maximum absolute atomic E-state index is 13.4. The number of hydrogen-bond acceptors (Lipinski definition) is 1. The molecule has 0 spiro atoms. The van der Waals surface area contributed by atoms with Crippen LogP contribution in [0.4, 0.5) is 8.78 Å². The minimum Gasteiger partial charge on any atom is -0.489 e. The summed E-state index contributed by atoms with van der Waals surface area (Å²) in [5, 5.41) is 0.440. The first-order valence-corrected chi connectivity index (χ1v) is 6.25. The Labute approximate surface area is 116 Å². The zero-order chi connectivity index (χ0) is 13.1. The maximum Gasteiger partial charge on any atom is 0.137 e. The second-order valence-corrected chi connectivity index (χ2v) is 4.89. The third-order valence-corrected chi connectivity index (χ3v) is 3.14. The van der Waals surface area contributed by atoms with Gasteiger partial charge in [0.15, 0.2) is 0 Å². The Kier molecular flexibility index (Phi) is 4.19. The Morgan fingerprint density at radius 1 is 1.06 bits per heavy atom. The van der Waals surface area contributed by atoms with Crippen LogP contribution in [0.25, 0.3) is 0 Å². The van der Waals surface area contributed by atoms with E-state index in [1.165, 1.54) is 36.4 Å². The lowest BCUT2D eigenvalue weighted by Crippen LogP contribution is -1.98. The molecule has 94 valence electrons. The summed E-state index contributed by atoms with van der Waals surface area (Å²) in [7, 11) is 0. The second kappa shape index (κ2) is 5.67. The smallest absolute Gasteiger partial charge is 0.137 e. The molecule has 0 aliphatic carbocycles. The highest BCUT2D eigenvalue weighted by atomic mass is 79.9. The molecule has 0 saturated carbocycles. The van der Waals surface area contributed by atoms with E-state index in [1.807, 2.05) is 0 Å². The average Bonchev–Trinajstić information content (AvgIpc) is 2.34. The van der Waals surface area contributed by atoms with E-state index in [2.05, 4.69) is 15.9 Å². The van der Waals surface area contributed by atoms with E-state index >= 15 is 0 Å². The standard InChI is InChI=1S/C13H8BrClF2O/c14-11-6-10(2-4-13(11)17)18-7-8-5-9(15)1-3-12(8)16/h1-6H,7H2. The molecule has 0 heterocycles. The Balaban J connectivity index is 2.11. The molecule has 0 radical (unpaired) electrons. The highest BCUT2D eigenvalue weighted by Crippen LogP contribution is 2.23. The minimum absolute atomic E-state index is 0.0322. The van der Waals surface area contributed by atoms with Gasteiger partial charge in [0.05, 0.1) is 4.47 Å².